The van der Waals surface area contributed by atoms with Gasteiger partial charge in [0.15, 0.2) is 5.82 Å². The second-order valence-electron chi connectivity index (χ2n) is 5.88. The van der Waals surface area contributed by atoms with Crippen LogP contribution in [-0.4, -0.2) is 22.6 Å². The summed E-state index contributed by atoms with van der Waals surface area (Å²) in [5.74, 6) is 1.82. The van der Waals surface area contributed by atoms with E-state index < -0.39 is 0 Å². The van der Waals surface area contributed by atoms with Gasteiger partial charge in [0.25, 0.3) is 0 Å². The predicted molar refractivity (Wildman–Crippen MR) is 72.6 cm³/mol. The molecule has 0 aliphatic heterocycles. The molecule has 2 rings (SSSR count). The molecule has 18 heavy (non-hydrogen) atoms. The number of hydrogen-bond acceptors (Lipinski definition) is 5. The van der Waals surface area contributed by atoms with Crippen LogP contribution < -0.4 is 15.8 Å². The zero-order valence-electron chi connectivity index (χ0n) is 11.5. The van der Waals surface area contributed by atoms with Crippen LogP contribution in [0.25, 0.3) is 0 Å². The summed E-state index contributed by atoms with van der Waals surface area (Å²) in [4.78, 5) is 8.22. The van der Waals surface area contributed by atoms with E-state index in [4.69, 9.17) is 10.5 Å². The van der Waals surface area contributed by atoms with Gasteiger partial charge in [0.2, 0.25) is 5.88 Å². The highest BCUT2D eigenvalue weighted by atomic mass is 16.5. The van der Waals surface area contributed by atoms with E-state index in [0.29, 0.717) is 28.7 Å². The number of hydrogen-bond donors (Lipinski definition) is 2. The van der Waals surface area contributed by atoms with Crippen molar-refractivity contribution in [2.24, 2.45) is 11.3 Å². The van der Waals surface area contributed by atoms with Gasteiger partial charge < -0.3 is 15.8 Å². The van der Waals surface area contributed by atoms with Crippen LogP contribution in [0.1, 0.15) is 34.1 Å². The maximum absolute atomic E-state index is 5.99. The van der Waals surface area contributed by atoms with Gasteiger partial charge in [-0.05, 0) is 31.6 Å². The monoisotopic (exact) mass is 250 g/mol. The first-order valence-corrected chi connectivity index (χ1v) is 6.41. The van der Waals surface area contributed by atoms with Crippen molar-refractivity contribution in [2.45, 2.75) is 40.2 Å². The first kappa shape index (κ1) is 12.9. The van der Waals surface area contributed by atoms with Gasteiger partial charge in [0.05, 0.1) is 6.10 Å². The number of nitrogens with one attached hydrogen (secondary N) is 1. The molecule has 100 valence electrons. The zero-order valence-corrected chi connectivity index (χ0v) is 11.5. The first-order valence-electron chi connectivity index (χ1n) is 6.41. The largest absolute Gasteiger partial charge is 0.473 e. The van der Waals surface area contributed by atoms with Crippen LogP contribution in [0, 0.1) is 11.3 Å². The Morgan fingerprint density at radius 1 is 1.50 bits per heavy atom. The average Bonchev–Trinajstić information content (AvgIpc) is 2.87. The van der Waals surface area contributed by atoms with E-state index >= 15 is 0 Å². The summed E-state index contributed by atoms with van der Waals surface area (Å²) in [7, 11) is 0. The molecule has 5 heteroatoms. The molecule has 1 aliphatic rings. The van der Waals surface area contributed by atoms with Crippen molar-refractivity contribution in [3.63, 3.8) is 0 Å². The van der Waals surface area contributed by atoms with Crippen LogP contribution in [0.2, 0.25) is 0 Å². The van der Waals surface area contributed by atoms with Crippen LogP contribution in [-0.2, 0) is 0 Å². The molecule has 1 aromatic heterocycles. The molecule has 1 saturated carbocycles. The topological polar surface area (TPSA) is 73.1 Å². The highest BCUT2D eigenvalue weighted by molar-refractivity contribution is 5.66. The van der Waals surface area contributed by atoms with Crippen molar-refractivity contribution in [3.05, 3.63) is 6.33 Å². The van der Waals surface area contributed by atoms with Gasteiger partial charge in [0.1, 0.15) is 12.0 Å². The van der Waals surface area contributed by atoms with Crippen LogP contribution in [0.3, 0.4) is 0 Å². The van der Waals surface area contributed by atoms with Gasteiger partial charge in [-0.1, -0.05) is 13.8 Å². The Morgan fingerprint density at radius 3 is 2.72 bits per heavy atom. The highest BCUT2D eigenvalue weighted by Crippen LogP contribution is 2.51. The molecule has 1 unspecified atom stereocenters. The third kappa shape index (κ3) is 2.83. The smallest absolute Gasteiger partial charge is 0.242 e. The number of nitrogen functional groups attached to an aromatic ring is 1. The van der Waals surface area contributed by atoms with E-state index in [-0.39, 0.29) is 6.10 Å². The van der Waals surface area contributed by atoms with Gasteiger partial charge in [0, 0.05) is 6.54 Å². The molecular formula is C13H22N4O. The molecule has 1 fully saturated rings. The lowest BCUT2D eigenvalue weighted by atomic mass is 10.1. The first-order chi connectivity index (χ1) is 8.40. The SMILES string of the molecule is CC(C)Oc1ncnc(NCC2CC2(C)C)c1N. The van der Waals surface area contributed by atoms with Gasteiger partial charge in [-0.15, -0.1) is 0 Å². The van der Waals surface area contributed by atoms with Crippen molar-refractivity contribution in [1.29, 1.82) is 0 Å². The number of nitrogens with zero attached hydrogens (tertiary/aromatic N) is 2. The van der Waals surface area contributed by atoms with E-state index in [0.717, 1.165) is 6.54 Å². The van der Waals surface area contributed by atoms with E-state index in [1.807, 2.05) is 13.8 Å². The summed E-state index contributed by atoms with van der Waals surface area (Å²) in [6.45, 7) is 9.34. The van der Waals surface area contributed by atoms with Crippen molar-refractivity contribution < 1.29 is 4.74 Å². The fraction of sp³-hybridized carbons (Fsp3) is 0.692. The maximum Gasteiger partial charge on any atom is 0.242 e. The van der Waals surface area contributed by atoms with Crippen molar-refractivity contribution >= 4 is 11.5 Å². The lowest BCUT2D eigenvalue weighted by Crippen LogP contribution is -2.13. The Bertz CT molecular complexity index is 431. The van der Waals surface area contributed by atoms with Crippen LogP contribution in [0.15, 0.2) is 6.33 Å². The second-order valence-corrected chi connectivity index (χ2v) is 5.88. The summed E-state index contributed by atoms with van der Waals surface area (Å²) in [5, 5.41) is 3.29. The average molecular weight is 250 g/mol. The summed E-state index contributed by atoms with van der Waals surface area (Å²) in [6, 6.07) is 0. The molecule has 0 saturated heterocycles. The fourth-order valence-corrected chi connectivity index (χ4v) is 1.98. The lowest BCUT2D eigenvalue weighted by Gasteiger charge is -2.14. The number of aromatic nitrogens is 2. The zero-order chi connectivity index (χ0) is 13.3. The molecule has 0 spiro atoms. The molecular weight excluding hydrogens is 228 g/mol. The van der Waals surface area contributed by atoms with Crippen LogP contribution in [0.5, 0.6) is 5.88 Å². The molecule has 0 aromatic carbocycles. The molecule has 1 heterocycles. The Labute approximate surface area is 108 Å². The van der Waals surface area contributed by atoms with Gasteiger partial charge in [-0.25, -0.2) is 4.98 Å². The van der Waals surface area contributed by atoms with Crippen molar-refractivity contribution in [1.82, 2.24) is 9.97 Å². The minimum Gasteiger partial charge on any atom is -0.473 e. The molecule has 3 N–H and O–H groups in total. The Balaban J connectivity index is 2.00. The summed E-state index contributed by atoms with van der Waals surface area (Å²) in [6.07, 6.45) is 2.78. The normalized spacial score (nSPS) is 20.8. The Hall–Kier alpha value is -1.52. The number of rotatable bonds is 5. The highest BCUT2D eigenvalue weighted by Gasteiger charge is 2.45. The number of anilines is 2. The summed E-state index contributed by atoms with van der Waals surface area (Å²) >= 11 is 0. The van der Waals surface area contributed by atoms with E-state index in [1.54, 1.807) is 0 Å². The second kappa shape index (κ2) is 4.63. The lowest BCUT2D eigenvalue weighted by molar-refractivity contribution is 0.234. The van der Waals surface area contributed by atoms with Crippen LogP contribution in [0.4, 0.5) is 11.5 Å². The summed E-state index contributed by atoms with van der Waals surface area (Å²) in [5.41, 5.74) is 6.93. The number of ether oxygens (including phenoxy) is 1. The van der Waals surface area contributed by atoms with E-state index in [9.17, 15) is 0 Å². The number of nitrogens with two attached hydrogens (primary N) is 1. The van der Waals surface area contributed by atoms with E-state index in [1.165, 1.54) is 12.7 Å². The van der Waals surface area contributed by atoms with Gasteiger partial charge >= 0.3 is 0 Å². The Morgan fingerprint density at radius 2 is 2.17 bits per heavy atom. The molecule has 1 aliphatic carbocycles. The molecule has 0 radical (unpaired) electrons. The van der Waals surface area contributed by atoms with Crippen LogP contribution >= 0.6 is 0 Å². The maximum atomic E-state index is 5.99. The molecule has 1 aromatic rings. The third-order valence-corrected chi connectivity index (χ3v) is 3.43. The molecule has 0 bridgehead atoms. The minimum atomic E-state index is 0.0532. The summed E-state index contributed by atoms with van der Waals surface area (Å²) < 4.78 is 5.53. The molecule has 5 nitrogen and oxygen atoms in total. The van der Waals surface area contributed by atoms with Gasteiger partial charge in [-0.2, -0.15) is 4.98 Å². The van der Waals surface area contributed by atoms with Crippen molar-refractivity contribution in [2.75, 3.05) is 17.6 Å². The minimum absolute atomic E-state index is 0.0532. The van der Waals surface area contributed by atoms with E-state index in [2.05, 4.69) is 29.1 Å². The standard InChI is InChI=1S/C13H22N4O/c1-8(2)18-12-10(14)11(16-7-17-12)15-6-9-5-13(9,3)4/h7-9H,5-6,14H2,1-4H3,(H,15,16,17). The van der Waals surface area contributed by atoms with Gasteiger partial charge in [-0.3, -0.25) is 0 Å². The van der Waals surface area contributed by atoms with Crippen molar-refractivity contribution in [3.8, 4) is 5.88 Å². The molecule has 0 amide bonds. The fourth-order valence-electron chi connectivity index (χ4n) is 1.98. The quantitative estimate of drug-likeness (QED) is 0.839. The third-order valence-electron chi connectivity index (χ3n) is 3.43. The Kier molecular flexibility index (Phi) is 3.32. The predicted octanol–water partition coefficient (Wildman–Crippen LogP) is 2.30. The molecule has 1 atom stereocenters.